The minimum absolute atomic E-state index is 0.0101. The van der Waals surface area contributed by atoms with Gasteiger partial charge in [0.05, 0.1) is 5.75 Å². The van der Waals surface area contributed by atoms with Crippen LogP contribution in [0.3, 0.4) is 0 Å². The van der Waals surface area contributed by atoms with Gasteiger partial charge in [-0.15, -0.1) is 10.2 Å². The van der Waals surface area contributed by atoms with Crippen molar-refractivity contribution >= 4 is 46.7 Å². The Labute approximate surface area is 190 Å². The molecule has 1 N–H and O–H groups in total. The number of carbonyl (C=O) groups excluding carboxylic acids is 2. The number of piperidine rings is 1. The lowest BCUT2D eigenvalue weighted by atomic mass is 10.0. The number of hydrogen-bond donors (Lipinski definition) is 1. The van der Waals surface area contributed by atoms with Crippen molar-refractivity contribution in [2.24, 2.45) is 0 Å². The standard InChI is InChI=1S/C21H28N4O2S3/c1-14(2)17-6-4-16(5-7-17)12-28-20-23-24-21(30-20)29-13-19(27)22-18-8-10-25(11-9-18)15(3)26/h4-7,14,18H,8-13H2,1-3H3,(H,22,27). The van der Waals surface area contributed by atoms with Gasteiger partial charge in [0.15, 0.2) is 8.68 Å². The topological polar surface area (TPSA) is 75.2 Å². The third kappa shape index (κ3) is 6.99. The van der Waals surface area contributed by atoms with Crippen molar-refractivity contribution in [3.63, 3.8) is 0 Å². The van der Waals surface area contributed by atoms with E-state index in [9.17, 15) is 9.59 Å². The van der Waals surface area contributed by atoms with Gasteiger partial charge in [-0.05, 0) is 29.9 Å². The Morgan fingerprint density at radius 1 is 1.13 bits per heavy atom. The van der Waals surface area contributed by atoms with Crippen LogP contribution in [0.1, 0.15) is 50.7 Å². The fraction of sp³-hybridized carbons (Fsp3) is 0.524. The van der Waals surface area contributed by atoms with Gasteiger partial charge in [0.1, 0.15) is 0 Å². The normalized spacial score (nSPS) is 14.9. The highest BCUT2D eigenvalue weighted by molar-refractivity contribution is 8.03. The van der Waals surface area contributed by atoms with Crippen LogP contribution in [0.25, 0.3) is 0 Å². The summed E-state index contributed by atoms with van der Waals surface area (Å²) in [6.45, 7) is 7.41. The Morgan fingerprint density at radius 3 is 2.37 bits per heavy atom. The molecule has 2 amide bonds. The predicted octanol–water partition coefficient (Wildman–Crippen LogP) is 4.17. The summed E-state index contributed by atoms with van der Waals surface area (Å²) < 4.78 is 1.73. The minimum atomic E-state index is 0.0101. The van der Waals surface area contributed by atoms with E-state index in [1.165, 1.54) is 34.2 Å². The molecule has 0 unspecified atom stereocenters. The van der Waals surface area contributed by atoms with Crippen molar-refractivity contribution in [1.82, 2.24) is 20.4 Å². The Bertz CT molecular complexity index is 846. The van der Waals surface area contributed by atoms with Crippen LogP contribution in [0, 0.1) is 0 Å². The zero-order valence-electron chi connectivity index (χ0n) is 17.6. The van der Waals surface area contributed by atoms with Gasteiger partial charge in [-0.2, -0.15) is 0 Å². The fourth-order valence-electron chi connectivity index (χ4n) is 3.19. The van der Waals surface area contributed by atoms with Crippen LogP contribution in [-0.4, -0.2) is 51.8 Å². The smallest absolute Gasteiger partial charge is 0.230 e. The van der Waals surface area contributed by atoms with Crippen molar-refractivity contribution in [2.75, 3.05) is 18.8 Å². The highest BCUT2D eigenvalue weighted by atomic mass is 32.2. The molecule has 0 spiro atoms. The molecule has 3 rings (SSSR count). The maximum atomic E-state index is 12.2. The maximum Gasteiger partial charge on any atom is 0.230 e. The van der Waals surface area contributed by atoms with Gasteiger partial charge in [0, 0.05) is 31.8 Å². The highest BCUT2D eigenvalue weighted by Crippen LogP contribution is 2.31. The average Bonchev–Trinajstić information content (AvgIpc) is 3.19. The Morgan fingerprint density at radius 2 is 1.77 bits per heavy atom. The summed E-state index contributed by atoms with van der Waals surface area (Å²) in [6.07, 6.45) is 1.63. The first-order valence-electron chi connectivity index (χ1n) is 10.1. The van der Waals surface area contributed by atoms with Gasteiger partial charge in [0.2, 0.25) is 11.8 Å². The number of nitrogens with zero attached hydrogens (tertiary/aromatic N) is 3. The number of benzene rings is 1. The highest BCUT2D eigenvalue weighted by Gasteiger charge is 2.22. The van der Waals surface area contributed by atoms with Gasteiger partial charge in [-0.3, -0.25) is 9.59 Å². The number of amides is 2. The molecular weight excluding hydrogens is 436 g/mol. The molecule has 0 aliphatic carbocycles. The summed E-state index contributed by atoms with van der Waals surface area (Å²) in [5.41, 5.74) is 2.62. The van der Waals surface area contributed by atoms with Crippen molar-refractivity contribution in [3.05, 3.63) is 35.4 Å². The van der Waals surface area contributed by atoms with E-state index in [1.54, 1.807) is 18.7 Å². The molecule has 0 saturated carbocycles. The lowest BCUT2D eigenvalue weighted by molar-refractivity contribution is -0.130. The van der Waals surface area contributed by atoms with E-state index in [-0.39, 0.29) is 17.9 Å². The van der Waals surface area contributed by atoms with Crippen LogP contribution in [0.4, 0.5) is 0 Å². The number of rotatable bonds is 8. The number of nitrogens with one attached hydrogen (secondary N) is 1. The predicted molar refractivity (Wildman–Crippen MR) is 124 cm³/mol. The molecular formula is C21H28N4O2S3. The second-order valence-electron chi connectivity index (χ2n) is 7.66. The number of likely N-dealkylation sites (tertiary alicyclic amines) is 1. The van der Waals surface area contributed by atoms with Gasteiger partial charge in [-0.1, -0.05) is 73.0 Å². The summed E-state index contributed by atoms with van der Waals surface area (Å²) in [5.74, 6) is 1.85. The molecule has 1 aromatic heterocycles. The Kier molecular flexibility index (Phi) is 8.59. The van der Waals surface area contributed by atoms with Crippen molar-refractivity contribution in [1.29, 1.82) is 0 Å². The monoisotopic (exact) mass is 464 g/mol. The third-order valence-corrected chi connectivity index (χ3v) is 8.29. The van der Waals surface area contributed by atoms with Gasteiger partial charge in [0.25, 0.3) is 0 Å². The molecule has 6 nitrogen and oxygen atoms in total. The first kappa shape index (κ1) is 23.1. The zero-order valence-corrected chi connectivity index (χ0v) is 20.0. The molecule has 2 heterocycles. The van der Waals surface area contributed by atoms with Crippen LogP contribution in [-0.2, 0) is 15.3 Å². The molecule has 1 fully saturated rings. The Balaban J connectivity index is 1.38. The number of thioether (sulfide) groups is 2. The van der Waals surface area contributed by atoms with E-state index in [0.29, 0.717) is 24.8 Å². The molecule has 9 heteroatoms. The SMILES string of the molecule is CC(=O)N1CCC(NC(=O)CSc2nnc(SCc3ccc(C(C)C)cc3)s2)CC1. The molecule has 0 radical (unpaired) electrons. The first-order valence-corrected chi connectivity index (χ1v) is 12.9. The molecule has 30 heavy (non-hydrogen) atoms. The lowest BCUT2D eigenvalue weighted by Gasteiger charge is -2.31. The van der Waals surface area contributed by atoms with Crippen molar-refractivity contribution in [3.8, 4) is 0 Å². The van der Waals surface area contributed by atoms with E-state index in [1.807, 2.05) is 4.90 Å². The molecule has 1 aromatic carbocycles. The molecule has 1 aliphatic heterocycles. The quantitative estimate of drug-likeness (QED) is 0.591. The molecule has 1 aliphatic rings. The van der Waals surface area contributed by atoms with E-state index in [0.717, 1.165) is 27.3 Å². The molecule has 2 aromatic rings. The fourth-order valence-corrected chi connectivity index (χ4v) is 5.98. The minimum Gasteiger partial charge on any atom is -0.353 e. The van der Waals surface area contributed by atoms with Crippen molar-refractivity contribution in [2.45, 2.75) is 60.0 Å². The third-order valence-electron chi connectivity index (χ3n) is 5.03. The Hall–Kier alpha value is -1.58. The molecule has 162 valence electrons. The summed E-state index contributed by atoms with van der Waals surface area (Å²) >= 11 is 4.63. The molecule has 0 bridgehead atoms. The van der Waals surface area contributed by atoms with Crippen LogP contribution in [0.15, 0.2) is 32.9 Å². The summed E-state index contributed by atoms with van der Waals surface area (Å²) in [6, 6.07) is 8.86. The van der Waals surface area contributed by atoms with Crippen LogP contribution < -0.4 is 5.32 Å². The number of hydrogen-bond acceptors (Lipinski definition) is 7. The van der Waals surface area contributed by atoms with Gasteiger partial charge in [-0.25, -0.2) is 0 Å². The maximum absolute atomic E-state index is 12.2. The zero-order chi connectivity index (χ0) is 21.5. The van der Waals surface area contributed by atoms with Crippen LogP contribution >= 0.6 is 34.9 Å². The van der Waals surface area contributed by atoms with Gasteiger partial charge >= 0.3 is 0 Å². The van der Waals surface area contributed by atoms with E-state index in [2.05, 4.69) is 53.6 Å². The second-order valence-corrected chi connectivity index (χ2v) is 11.1. The lowest BCUT2D eigenvalue weighted by Crippen LogP contribution is -2.46. The first-order chi connectivity index (χ1) is 14.4. The number of carbonyl (C=O) groups is 2. The average molecular weight is 465 g/mol. The molecule has 1 saturated heterocycles. The largest absolute Gasteiger partial charge is 0.353 e. The summed E-state index contributed by atoms with van der Waals surface area (Å²) in [7, 11) is 0. The summed E-state index contributed by atoms with van der Waals surface area (Å²) in [5, 5.41) is 11.5. The van der Waals surface area contributed by atoms with E-state index in [4.69, 9.17) is 0 Å². The van der Waals surface area contributed by atoms with E-state index >= 15 is 0 Å². The van der Waals surface area contributed by atoms with Crippen LogP contribution in [0.5, 0.6) is 0 Å². The summed E-state index contributed by atoms with van der Waals surface area (Å²) in [4.78, 5) is 25.4. The van der Waals surface area contributed by atoms with E-state index < -0.39 is 0 Å². The number of aromatic nitrogens is 2. The van der Waals surface area contributed by atoms with Crippen LogP contribution in [0.2, 0.25) is 0 Å². The molecule has 0 atom stereocenters. The van der Waals surface area contributed by atoms with Gasteiger partial charge < -0.3 is 10.2 Å². The van der Waals surface area contributed by atoms with Crippen molar-refractivity contribution < 1.29 is 9.59 Å². The second kappa shape index (κ2) is 11.2.